The maximum absolute atomic E-state index is 13.1. The smallest absolute Gasteiger partial charge is 0.387 e. The number of benzene rings is 2. The van der Waals surface area contributed by atoms with Crippen molar-refractivity contribution in [1.29, 1.82) is 0 Å². The average molecular weight is 412 g/mol. The summed E-state index contributed by atoms with van der Waals surface area (Å²) in [7, 11) is 0. The fourth-order valence-electron chi connectivity index (χ4n) is 2.64. The highest BCUT2D eigenvalue weighted by Gasteiger charge is 2.33. The molecule has 0 fully saturated rings. The Hall–Kier alpha value is -2.91. The molecule has 0 aliphatic heterocycles. The van der Waals surface area contributed by atoms with Gasteiger partial charge in [-0.3, -0.25) is 19.5 Å². The van der Waals surface area contributed by atoms with Crippen LogP contribution in [0.3, 0.4) is 0 Å². The predicted molar refractivity (Wildman–Crippen MR) is 97.3 cm³/mol. The van der Waals surface area contributed by atoms with Gasteiger partial charge in [-0.25, -0.2) is 4.98 Å². The Bertz CT molecular complexity index is 1110. The zero-order chi connectivity index (χ0) is 20.5. The van der Waals surface area contributed by atoms with Crippen molar-refractivity contribution in [1.82, 2.24) is 9.55 Å². The number of aliphatic hydroxyl groups is 1. The molecule has 0 spiro atoms. The molecule has 0 saturated heterocycles. The molecule has 28 heavy (non-hydrogen) atoms. The number of anilines is 1. The molecule has 0 aliphatic carbocycles. The van der Waals surface area contributed by atoms with Crippen molar-refractivity contribution < 1.29 is 23.1 Å². The number of nitrogens with zero attached hydrogens (tertiary/aromatic N) is 2. The molecule has 0 radical (unpaired) electrons. The third-order valence-electron chi connectivity index (χ3n) is 3.93. The number of carbonyl (C=O) groups is 1. The molecule has 0 unspecified atom stereocenters. The minimum absolute atomic E-state index is 0.135. The Morgan fingerprint density at radius 3 is 2.61 bits per heavy atom. The average Bonchev–Trinajstić information content (AvgIpc) is 2.65. The van der Waals surface area contributed by atoms with E-state index in [9.17, 15) is 22.8 Å². The van der Waals surface area contributed by atoms with Crippen molar-refractivity contribution >= 4 is 34.4 Å². The summed E-state index contributed by atoms with van der Waals surface area (Å²) in [5.41, 5.74) is -1.16. The lowest BCUT2D eigenvalue weighted by atomic mass is 10.1. The zero-order valence-corrected chi connectivity index (χ0v) is 14.9. The van der Waals surface area contributed by atoms with E-state index in [-0.39, 0.29) is 23.4 Å². The van der Waals surface area contributed by atoms with Gasteiger partial charge in [-0.05, 0) is 29.8 Å². The monoisotopic (exact) mass is 411 g/mol. The van der Waals surface area contributed by atoms with Gasteiger partial charge in [0.25, 0.3) is 11.5 Å². The largest absolute Gasteiger partial charge is 0.417 e. The van der Waals surface area contributed by atoms with Crippen molar-refractivity contribution in [3.05, 3.63) is 69.0 Å². The first-order chi connectivity index (χ1) is 13.2. The lowest BCUT2D eigenvalue weighted by Crippen LogP contribution is -2.28. The van der Waals surface area contributed by atoms with E-state index in [1.807, 2.05) is 0 Å². The maximum Gasteiger partial charge on any atom is 0.417 e. The Morgan fingerprint density at radius 1 is 1.21 bits per heavy atom. The van der Waals surface area contributed by atoms with Crippen LogP contribution in [0.1, 0.15) is 11.1 Å². The first-order valence-electron chi connectivity index (χ1n) is 7.96. The molecule has 6 nitrogen and oxygen atoms in total. The number of carbonyl (C=O) groups excluding carboxylic acids is 1. The fourth-order valence-corrected chi connectivity index (χ4v) is 2.87. The number of rotatable bonds is 4. The second-order valence-corrected chi connectivity index (χ2v) is 6.27. The topological polar surface area (TPSA) is 84.2 Å². The van der Waals surface area contributed by atoms with E-state index in [1.165, 1.54) is 12.1 Å². The molecule has 10 heteroatoms. The van der Waals surface area contributed by atoms with Crippen molar-refractivity contribution in [2.75, 3.05) is 11.9 Å². The van der Waals surface area contributed by atoms with Crippen LogP contribution in [0.4, 0.5) is 19.1 Å². The summed E-state index contributed by atoms with van der Waals surface area (Å²) in [6.45, 7) is -1.14. The number of alkyl halides is 3. The van der Waals surface area contributed by atoms with Gasteiger partial charge in [-0.15, -0.1) is 0 Å². The summed E-state index contributed by atoms with van der Waals surface area (Å²) in [6.07, 6.45) is -4.66. The molecule has 2 aromatic carbocycles. The second-order valence-electron chi connectivity index (χ2n) is 5.86. The van der Waals surface area contributed by atoms with Crippen LogP contribution < -0.4 is 10.9 Å². The van der Waals surface area contributed by atoms with E-state index in [4.69, 9.17) is 16.7 Å². The highest BCUT2D eigenvalue weighted by molar-refractivity contribution is 6.31. The van der Waals surface area contributed by atoms with E-state index in [1.54, 1.807) is 18.2 Å². The van der Waals surface area contributed by atoms with Gasteiger partial charge in [-0.1, -0.05) is 29.8 Å². The number of hydrogen-bond donors (Lipinski definition) is 2. The molecule has 146 valence electrons. The van der Waals surface area contributed by atoms with E-state index < -0.39 is 34.8 Å². The van der Waals surface area contributed by atoms with Crippen molar-refractivity contribution in [2.45, 2.75) is 12.7 Å². The Labute approximate surface area is 161 Å². The summed E-state index contributed by atoms with van der Waals surface area (Å²) in [5.74, 6) is -1.01. The van der Waals surface area contributed by atoms with E-state index >= 15 is 0 Å². The van der Waals surface area contributed by atoms with Gasteiger partial charge >= 0.3 is 6.18 Å². The van der Waals surface area contributed by atoms with E-state index in [0.29, 0.717) is 5.52 Å². The second kappa shape index (κ2) is 7.61. The molecule has 1 heterocycles. The summed E-state index contributed by atoms with van der Waals surface area (Å²) in [5, 5.41) is 11.0. The highest BCUT2D eigenvalue weighted by atomic mass is 35.5. The molecule has 2 N–H and O–H groups in total. The number of aliphatic hydroxyl groups excluding tert-OH is 1. The van der Waals surface area contributed by atoms with Crippen LogP contribution >= 0.6 is 11.6 Å². The van der Waals surface area contributed by atoms with Crippen LogP contribution in [0.5, 0.6) is 0 Å². The highest BCUT2D eigenvalue weighted by Crippen LogP contribution is 2.35. The lowest BCUT2D eigenvalue weighted by molar-refractivity contribution is -0.137. The third kappa shape index (κ3) is 4.00. The van der Waals surface area contributed by atoms with Crippen LogP contribution in [0, 0.1) is 0 Å². The zero-order valence-electron chi connectivity index (χ0n) is 14.1. The molecule has 3 aromatic rings. The summed E-state index contributed by atoms with van der Waals surface area (Å²) >= 11 is 5.63. The Balaban J connectivity index is 2.14. The van der Waals surface area contributed by atoms with Gasteiger partial charge in [-0.2, -0.15) is 13.2 Å². The van der Waals surface area contributed by atoms with Gasteiger partial charge in [0.1, 0.15) is 6.61 Å². The number of aromatic nitrogens is 2. The number of nitrogens with one attached hydrogen (secondary N) is 1. The van der Waals surface area contributed by atoms with Crippen LogP contribution in [-0.4, -0.2) is 27.2 Å². The van der Waals surface area contributed by atoms with Gasteiger partial charge in [0.2, 0.25) is 5.95 Å². The summed E-state index contributed by atoms with van der Waals surface area (Å²) in [4.78, 5) is 28.6. The van der Waals surface area contributed by atoms with Gasteiger partial charge in [0.05, 0.1) is 28.0 Å². The number of halogens is 4. The van der Waals surface area contributed by atoms with Crippen LogP contribution in [0.15, 0.2) is 47.3 Å². The first kappa shape index (κ1) is 19.8. The minimum atomic E-state index is -4.66. The first-order valence-corrected chi connectivity index (χ1v) is 8.34. The molecular formula is C18H13ClF3N3O3. The number of fused-ring (bicyclic) bond motifs is 1. The molecule has 1 amide bonds. The van der Waals surface area contributed by atoms with E-state index in [2.05, 4.69) is 10.3 Å². The molecule has 0 saturated carbocycles. The Morgan fingerprint density at radius 2 is 1.93 bits per heavy atom. The van der Waals surface area contributed by atoms with Crippen molar-refractivity contribution in [2.24, 2.45) is 0 Å². The minimum Gasteiger partial charge on any atom is -0.387 e. The fraction of sp³-hybridized carbons (Fsp3) is 0.167. The van der Waals surface area contributed by atoms with Gasteiger partial charge < -0.3 is 5.11 Å². The quantitative estimate of drug-likeness (QED) is 0.691. The predicted octanol–water partition coefficient (Wildman–Crippen LogP) is 3.05. The van der Waals surface area contributed by atoms with Gasteiger partial charge in [0.15, 0.2) is 0 Å². The molecular weight excluding hydrogens is 399 g/mol. The molecule has 0 aliphatic rings. The molecule has 1 aromatic heterocycles. The summed E-state index contributed by atoms with van der Waals surface area (Å²) < 4.78 is 40.3. The van der Waals surface area contributed by atoms with Crippen LogP contribution in [-0.2, 0) is 17.5 Å². The molecule has 0 atom stereocenters. The normalized spacial score (nSPS) is 11.6. The molecule has 0 bridgehead atoms. The van der Waals surface area contributed by atoms with Gasteiger partial charge in [0, 0.05) is 0 Å². The van der Waals surface area contributed by atoms with Crippen molar-refractivity contribution in [3.8, 4) is 0 Å². The standard InChI is InChI=1S/C18H13ClF3N3O3/c19-13-6-5-10(7-12(13)18(20,21)22)8-25-16(28)11-3-1-2-4-14(11)23-17(25)24-15(27)9-26/h1-7,26H,8-9H2,(H,23,24,27). The maximum atomic E-state index is 13.1. The van der Waals surface area contributed by atoms with E-state index in [0.717, 1.165) is 16.7 Å². The Kier molecular flexibility index (Phi) is 5.39. The van der Waals surface area contributed by atoms with Crippen molar-refractivity contribution in [3.63, 3.8) is 0 Å². The molecule has 3 rings (SSSR count). The number of hydrogen-bond acceptors (Lipinski definition) is 4. The number of amides is 1. The number of para-hydroxylation sites is 1. The van der Waals surface area contributed by atoms with Crippen LogP contribution in [0.2, 0.25) is 5.02 Å². The third-order valence-corrected chi connectivity index (χ3v) is 4.26. The SMILES string of the molecule is O=C(CO)Nc1nc2ccccc2c(=O)n1Cc1ccc(Cl)c(C(F)(F)F)c1. The summed E-state index contributed by atoms with van der Waals surface area (Å²) in [6, 6.07) is 9.60. The lowest BCUT2D eigenvalue weighted by Gasteiger charge is -2.15. The van der Waals surface area contributed by atoms with Crippen LogP contribution in [0.25, 0.3) is 10.9 Å².